The number of para-hydroxylation sites is 2. The molecule has 7 nitrogen and oxygen atoms in total. The van der Waals surface area contributed by atoms with Gasteiger partial charge in [-0.3, -0.25) is 14.2 Å². The molecular weight excluding hydrogens is 524 g/mol. The van der Waals surface area contributed by atoms with E-state index in [1.807, 2.05) is 55.5 Å². The van der Waals surface area contributed by atoms with E-state index in [1.54, 1.807) is 29.7 Å². The van der Waals surface area contributed by atoms with Crippen molar-refractivity contribution in [3.8, 4) is 11.5 Å². The van der Waals surface area contributed by atoms with Crippen molar-refractivity contribution in [1.29, 1.82) is 0 Å². The largest absolute Gasteiger partial charge is 0.465 e. The molecule has 3 atom stereocenters. The molecule has 2 aliphatic rings. The Bertz CT molecular complexity index is 1770. The van der Waals surface area contributed by atoms with E-state index in [-0.39, 0.29) is 17.2 Å². The smallest absolute Gasteiger partial charge is 0.387 e. The molecule has 6 rings (SSSR count). The van der Waals surface area contributed by atoms with E-state index in [1.165, 1.54) is 23.5 Å². The van der Waals surface area contributed by atoms with Crippen LogP contribution in [0.4, 0.5) is 14.5 Å². The number of carbonyl (C=O) groups is 1. The second-order valence-corrected chi connectivity index (χ2v) is 10.6. The highest BCUT2D eigenvalue weighted by atomic mass is 32.1. The van der Waals surface area contributed by atoms with Crippen LogP contribution in [0.25, 0.3) is 6.08 Å². The Morgan fingerprint density at radius 3 is 2.59 bits per heavy atom. The van der Waals surface area contributed by atoms with Gasteiger partial charge >= 0.3 is 6.61 Å². The fourth-order valence-electron chi connectivity index (χ4n) is 5.16. The number of hydrogen-bond donors (Lipinski definition) is 1. The summed E-state index contributed by atoms with van der Waals surface area (Å²) in [4.78, 5) is 32.9. The van der Waals surface area contributed by atoms with Crippen LogP contribution in [-0.2, 0) is 4.79 Å². The number of ether oxygens (including phenoxy) is 2. The van der Waals surface area contributed by atoms with Crippen LogP contribution in [0, 0.1) is 12.8 Å². The number of thiazole rings is 1. The lowest BCUT2D eigenvalue weighted by Gasteiger charge is -2.45. The minimum atomic E-state index is -2.92. The lowest BCUT2D eigenvalue weighted by molar-refractivity contribution is -0.131. The van der Waals surface area contributed by atoms with E-state index in [2.05, 4.69) is 10.1 Å². The molecule has 2 bridgehead atoms. The normalized spacial score (nSPS) is 21.4. The third-order valence-electron chi connectivity index (χ3n) is 6.97. The number of amides is 1. The zero-order chi connectivity index (χ0) is 27.3. The van der Waals surface area contributed by atoms with Crippen LogP contribution in [0.15, 0.2) is 82.6 Å². The number of aromatic nitrogens is 1. The number of alkyl halides is 2. The highest BCUT2D eigenvalue weighted by Gasteiger charge is 2.55. The molecule has 3 heterocycles. The third kappa shape index (κ3) is 4.40. The van der Waals surface area contributed by atoms with E-state index in [4.69, 9.17) is 9.73 Å². The van der Waals surface area contributed by atoms with Crippen molar-refractivity contribution in [2.45, 2.75) is 32.2 Å². The number of hydrogen-bond acceptors (Lipinski definition) is 6. The molecule has 1 N–H and O–H groups in total. The van der Waals surface area contributed by atoms with Gasteiger partial charge in [0.05, 0.1) is 10.6 Å². The molecule has 0 aliphatic carbocycles. The molecule has 2 aliphatic heterocycles. The zero-order valence-corrected chi connectivity index (χ0v) is 21.7. The lowest BCUT2D eigenvalue weighted by atomic mass is 9.80. The molecule has 4 aromatic rings. The van der Waals surface area contributed by atoms with E-state index in [9.17, 15) is 18.4 Å². The monoisotopic (exact) mass is 547 g/mol. The number of fused-ring (bicyclic) bond motifs is 6. The maximum Gasteiger partial charge on any atom is 0.387 e. The van der Waals surface area contributed by atoms with E-state index < -0.39 is 24.3 Å². The summed E-state index contributed by atoms with van der Waals surface area (Å²) in [6.45, 7) is 0.749. The summed E-state index contributed by atoms with van der Waals surface area (Å²) in [6.07, 6.45) is 1.67. The maximum absolute atomic E-state index is 13.8. The Hall–Kier alpha value is -4.31. The topological polar surface area (TPSA) is 81.9 Å². The maximum atomic E-state index is 13.8. The van der Waals surface area contributed by atoms with E-state index in [0.29, 0.717) is 26.3 Å². The Labute approximate surface area is 225 Å². The highest BCUT2D eigenvalue weighted by molar-refractivity contribution is 7.07. The van der Waals surface area contributed by atoms with Gasteiger partial charge in [-0.2, -0.15) is 8.78 Å². The minimum absolute atomic E-state index is 0.0253. The van der Waals surface area contributed by atoms with Gasteiger partial charge in [-0.25, -0.2) is 4.99 Å². The molecule has 3 aromatic carbocycles. The Morgan fingerprint density at radius 1 is 1.13 bits per heavy atom. The first-order valence-corrected chi connectivity index (χ1v) is 13.1. The van der Waals surface area contributed by atoms with Crippen LogP contribution in [-0.4, -0.2) is 22.8 Å². The molecular formula is C29H23F2N3O4S. The molecule has 0 unspecified atom stereocenters. The number of rotatable bonds is 5. The van der Waals surface area contributed by atoms with Crippen LogP contribution < -0.4 is 29.7 Å². The fourth-order valence-corrected chi connectivity index (χ4v) is 6.26. The van der Waals surface area contributed by atoms with Crippen molar-refractivity contribution in [2.75, 3.05) is 5.32 Å². The average Bonchev–Trinajstić information content (AvgIpc) is 3.18. The van der Waals surface area contributed by atoms with Gasteiger partial charge in [0.1, 0.15) is 17.4 Å². The molecule has 198 valence electrons. The second-order valence-electron chi connectivity index (χ2n) is 9.55. The Kier molecular flexibility index (Phi) is 6.06. The summed E-state index contributed by atoms with van der Waals surface area (Å²) in [5.74, 6) is -0.542. The number of anilines is 1. The molecule has 0 saturated carbocycles. The first-order valence-electron chi connectivity index (χ1n) is 12.3. The summed E-state index contributed by atoms with van der Waals surface area (Å²) in [7, 11) is 0. The van der Waals surface area contributed by atoms with Gasteiger partial charge in [0.25, 0.3) is 5.56 Å². The molecule has 0 spiro atoms. The lowest BCUT2D eigenvalue weighted by Crippen LogP contribution is -2.59. The summed E-state index contributed by atoms with van der Waals surface area (Å²) in [5.41, 5.74) is 1.38. The predicted molar refractivity (Wildman–Crippen MR) is 143 cm³/mol. The van der Waals surface area contributed by atoms with Crippen LogP contribution in [0.2, 0.25) is 0 Å². The number of halogens is 2. The standard InChI is InChI=1S/C29H23F2N3O4S/c1-16-7-3-5-9-20(16)32-25(35)23-24-19-8-4-6-10-21(19)38-29(23,2)33-28-34(24)26(36)22(39-28)15-17-11-13-18(14-12-17)37-27(30)31/h3-15,23-24,27H,1-2H3,(H,32,35)/b22-15+/t23-,24+,29+/m1/s1. The summed E-state index contributed by atoms with van der Waals surface area (Å²) < 4.78 is 37.7. The minimum Gasteiger partial charge on any atom is -0.465 e. The van der Waals surface area contributed by atoms with Crippen molar-refractivity contribution in [3.05, 3.63) is 109 Å². The third-order valence-corrected chi connectivity index (χ3v) is 7.95. The van der Waals surface area contributed by atoms with Crippen molar-refractivity contribution in [1.82, 2.24) is 4.57 Å². The highest BCUT2D eigenvalue weighted by Crippen LogP contribution is 2.47. The number of nitrogens with one attached hydrogen (secondary N) is 1. The Balaban J connectivity index is 1.47. The molecule has 1 aromatic heterocycles. The van der Waals surface area contributed by atoms with Crippen molar-refractivity contribution in [2.24, 2.45) is 10.9 Å². The van der Waals surface area contributed by atoms with Crippen LogP contribution in [0.3, 0.4) is 0 Å². The predicted octanol–water partition coefficient (Wildman–Crippen LogP) is 4.23. The van der Waals surface area contributed by atoms with Crippen molar-refractivity contribution >= 4 is 29.0 Å². The molecule has 1 amide bonds. The molecule has 0 fully saturated rings. The SMILES string of the molecule is Cc1ccccc1NC(=O)[C@H]1[C@@H]2c3ccccc3O[C@]1(C)N=c1s/c(=C/c3ccc(OC(F)F)cc3)c(=O)n12. The first kappa shape index (κ1) is 25.0. The van der Waals surface area contributed by atoms with Crippen molar-refractivity contribution in [3.63, 3.8) is 0 Å². The van der Waals surface area contributed by atoms with Crippen LogP contribution in [0.1, 0.15) is 29.7 Å². The van der Waals surface area contributed by atoms with Crippen molar-refractivity contribution < 1.29 is 23.0 Å². The molecule has 39 heavy (non-hydrogen) atoms. The summed E-state index contributed by atoms with van der Waals surface area (Å²) >= 11 is 1.19. The number of carbonyl (C=O) groups excluding carboxylic acids is 1. The Morgan fingerprint density at radius 2 is 1.85 bits per heavy atom. The quantitative estimate of drug-likeness (QED) is 0.406. The molecule has 10 heteroatoms. The molecule has 0 radical (unpaired) electrons. The summed E-state index contributed by atoms with van der Waals surface area (Å²) in [5, 5.41) is 3.02. The first-order chi connectivity index (χ1) is 18.7. The van der Waals surface area contributed by atoms with Crippen LogP contribution >= 0.6 is 11.3 Å². The summed E-state index contributed by atoms with van der Waals surface area (Å²) in [6, 6.07) is 20.2. The van der Waals surface area contributed by atoms with Gasteiger partial charge in [0.15, 0.2) is 4.80 Å². The fraction of sp³-hybridized carbons (Fsp3) is 0.207. The van der Waals surface area contributed by atoms with Gasteiger partial charge in [-0.05, 0) is 55.3 Å². The van der Waals surface area contributed by atoms with Gasteiger partial charge in [0.2, 0.25) is 11.6 Å². The van der Waals surface area contributed by atoms with Gasteiger partial charge in [-0.1, -0.05) is 59.9 Å². The van der Waals surface area contributed by atoms with Crippen LogP contribution in [0.5, 0.6) is 11.5 Å². The van der Waals surface area contributed by atoms with Gasteiger partial charge in [-0.15, -0.1) is 0 Å². The van der Waals surface area contributed by atoms with E-state index >= 15 is 0 Å². The molecule has 0 saturated heterocycles. The van der Waals surface area contributed by atoms with Gasteiger partial charge < -0.3 is 14.8 Å². The van der Waals surface area contributed by atoms with Gasteiger partial charge in [0, 0.05) is 11.3 Å². The number of benzene rings is 3. The number of aryl methyl sites for hydroxylation is 1. The zero-order valence-electron chi connectivity index (χ0n) is 20.9. The second kappa shape index (κ2) is 9.46. The average molecular weight is 548 g/mol. The van der Waals surface area contributed by atoms with E-state index in [0.717, 1.165) is 11.1 Å². The number of nitrogens with zero attached hydrogens (tertiary/aromatic N) is 2.